The molecule has 4 nitrogen and oxygen atoms in total. The minimum absolute atomic E-state index is 0. The smallest absolute Gasteiger partial charge is 0.303 e. The summed E-state index contributed by atoms with van der Waals surface area (Å²) in [7, 11) is -4.64. The molecule has 0 aromatic heterocycles. The summed E-state index contributed by atoms with van der Waals surface area (Å²) in [6, 6.07) is 0. The summed E-state index contributed by atoms with van der Waals surface area (Å²) in [5.74, 6) is 0. The Balaban J connectivity index is -0.0000000800. The van der Waals surface area contributed by atoms with Gasteiger partial charge in [-0.3, -0.25) is 0 Å². The Labute approximate surface area is 61.9 Å². The summed E-state index contributed by atoms with van der Waals surface area (Å²) in [5.41, 5.74) is 0. The summed E-state index contributed by atoms with van der Waals surface area (Å²) < 4.78 is 8.88. The molecule has 0 spiro atoms. The molecule has 0 aliphatic carbocycles. The number of phosphoric acid groups is 1. The summed E-state index contributed by atoms with van der Waals surface area (Å²) in [6.07, 6.45) is 0. The van der Waals surface area contributed by atoms with Crippen LogP contribution in [0.15, 0.2) is 0 Å². The van der Waals surface area contributed by atoms with E-state index in [4.69, 9.17) is 19.2 Å². The fraction of sp³-hybridized carbons (Fsp3) is 0. The van der Waals surface area contributed by atoms with E-state index in [1.165, 1.54) is 0 Å². The van der Waals surface area contributed by atoms with E-state index in [9.17, 15) is 0 Å². The van der Waals surface area contributed by atoms with Crippen LogP contribution in [-0.4, -0.2) is 14.7 Å². The minimum Gasteiger partial charge on any atom is -0.303 e. The summed E-state index contributed by atoms with van der Waals surface area (Å²) in [5, 5.41) is 0. The molecule has 0 aromatic rings. The van der Waals surface area contributed by atoms with Crippen molar-refractivity contribution in [2.24, 2.45) is 0 Å². The molecule has 0 aliphatic heterocycles. The minimum atomic E-state index is -4.64. The van der Waals surface area contributed by atoms with Gasteiger partial charge in [0.25, 0.3) is 0 Å². The molecular formula is H5MoO4PS. The van der Waals surface area contributed by atoms with Crippen molar-refractivity contribution in [3.05, 3.63) is 0 Å². The van der Waals surface area contributed by atoms with E-state index in [2.05, 4.69) is 0 Å². The second-order valence-corrected chi connectivity index (χ2v) is 1.54. The first kappa shape index (κ1) is 15.7. The van der Waals surface area contributed by atoms with Crippen LogP contribution in [0.5, 0.6) is 0 Å². The van der Waals surface area contributed by atoms with Gasteiger partial charge >= 0.3 is 7.82 Å². The van der Waals surface area contributed by atoms with E-state index in [0.29, 0.717) is 0 Å². The first-order valence-corrected chi connectivity index (χ1v) is 2.35. The standard InChI is InChI=1S/Mo.H3O4P.H2S/c;1-5(2,3)4;/h;(H3,1,2,3,4);1H2. The van der Waals surface area contributed by atoms with Gasteiger partial charge in [0.2, 0.25) is 0 Å². The van der Waals surface area contributed by atoms with Crippen LogP contribution in [0.4, 0.5) is 0 Å². The zero-order valence-electron chi connectivity index (χ0n) is 3.11. The van der Waals surface area contributed by atoms with E-state index < -0.39 is 7.82 Å². The normalized spacial score (nSPS) is 8.43. The van der Waals surface area contributed by atoms with Crippen molar-refractivity contribution < 1.29 is 40.3 Å². The third kappa shape index (κ3) is 144. The number of hydrogen-bond acceptors (Lipinski definition) is 1. The Morgan fingerprint density at radius 1 is 1.14 bits per heavy atom. The molecule has 0 heterocycles. The fourth-order valence-corrected chi connectivity index (χ4v) is 0. The van der Waals surface area contributed by atoms with Crippen molar-refractivity contribution in [3.63, 3.8) is 0 Å². The van der Waals surface area contributed by atoms with Crippen molar-refractivity contribution in [1.29, 1.82) is 0 Å². The van der Waals surface area contributed by atoms with Crippen LogP contribution >= 0.6 is 21.3 Å². The average molecular weight is 228 g/mol. The summed E-state index contributed by atoms with van der Waals surface area (Å²) in [6.45, 7) is 0. The molecule has 0 amide bonds. The predicted molar refractivity (Wildman–Crippen MR) is 24.6 cm³/mol. The molecule has 46 valence electrons. The first-order chi connectivity index (χ1) is 2.00. The first-order valence-electron chi connectivity index (χ1n) is 0.783. The Morgan fingerprint density at radius 2 is 1.14 bits per heavy atom. The molecule has 0 aliphatic rings. The molecule has 7 heteroatoms. The Bertz CT molecular complexity index is 57.8. The molecule has 7 heavy (non-hydrogen) atoms. The van der Waals surface area contributed by atoms with Crippen LogP contribution < -0.4 is 0 Å². The fourth-order valence-electron chi connectivity index (χ4n) is 0. The maximum absolute atomic E-state index is 8.88. The average Bonchev–Trinajstić information content (AvgIpc) is 0.722. The van der Waals surface area contributed by atoms with Crippen molar-refractivity contribution in [2.45, 2.75) is 0 Å². The van der Waals surface area contributed by atoms with Crippen LogP contribution in [0.25, 0.3) is 0 Å². The topological polar surface area (TPSA) is 77.8 Å². The molecule has 0 aromatic carbocycles. The van der Waals surface area contributed by atoms with Gasteiger partial charge in [0.05, 0.1) is 0 Å². The van der Waals surface area contributed by atoms with Crippen LogP contribution in [0.1, 0.15) is 0 Å². The van der Waals surface area contributed by atoms with Gasteiger partial charge in [-0.2, -0.15) is 13.5 Å². The second kappa shape index (κ2) is 5.29. The van der Waals surface area contributed by atoms with E-state index in [1.807, 2.05) is 0 Å². The van der Waals surface area contributed by atoms with Gasteiger partial charge in [0.1, 0.15) is 0 Å². The number of rotatable bonds is 0. The Hall–Kier alpha value is 1.15. The van der Waals surface area contributed by atoms with Gasteiger partial charge in [-0.05, 0) is 0 Å². The van der Waals surface area contributed by atoms with Crippen LogP contribution in [0, 0.1) is 0 Å². The zero-order chi connectivity index (χ0) is 4.50. The Kier molecular flexibility index (Phi) is 11.9. The van der Waals surface area contributed by atoms with Gasteiger partial charge in [0, 0.05) is 21.1 Å². The summed E-state index contributed by atoms with van der Waals surface area (Å²) >= 11 is 0. The predicted octanol–water partition coefficient (Wildman–Crippen LogP) is -0.818. The maximum atomic E-state index is 8.88. The third-order valence-electron chi connectivity index (χ3n) is 0. The quantitative estimate of drug-likeness (QED) is 0.374. The number of hydrogen-bond donors (Lipinski definition) is 3. The van der Waals surface area contributed by atoms with Crippen molar-refractivity contribution >= 4 is 21.3 Å². The molecule has 0 saturated heterocycles. The SMILES string of the molecule is O=P(O)(O)O.S.[Mo]. The van der Waals surface area contributed by atoms with Gasteiger partial charge in [0.15, 0.2) is 0 Å². The molecule has 0 saturated carbocycles. The van der Waals surface area contributed by atoms with Gasteiger partial charge in [-0.1, -0.05) is 0 Å². The van der Waals surface area contributed by atoms with Gasteiger partial charge < -0.3 is 14.7 Å². The molecule has 0 fully saturated rings. The van der Waals surface area contributed by atoms with Gasteiger partial charge in [-0.25, -0.2) is 4.57 Å². The second-order valence-electron chi connectivity index (χ2n) is 0.513. The molecule has 0 rings (SSSR count). The molecule has 0 bridgehead atoms. The Morgan fingerprint density at radius 3 is 1.14 bits per heavy atom. The monoisotopic (exact) mass is 230 g/mol. The van der Waals surface area contributed by atoms with E-state index in [1.54, 1.807) is 0 Å². The molecule has 0 atom stereocenters. The van der Waals surface area contributed by atoms with Crippen molar-refractivity contribution in [2.75, 3.05) is 0 Å². The van der Waals surface area contributed by atoms with Crippen molar-refractivity contribution in [3.8, 4) is 0 Å². The zero-order valence-corrected chi connectivity index (χ0v) is 7.01. The van der Waals surface area contributed by atoms with Crippen LogP contribution in [0.3, 0.4) is 0 Å². The molecule has 3 N–H and O–H groups in total. The van der Waals surface area contributed by atoms with E-state index in [-0.39, 0.29) is 34.6 Å². The largest absolute Gasteiger partial charge is 0.466 e. The van der Waals surface area contributed by atoms with Crippen LogP contribution in [0.2, 0.25) is 0 Å². The third-order valence-corrected chi connectivity index (χ3v) is 0. The molecular weight excluding hydrogens is 223 g/mol. The molecule has 0 unspecified atom stereocenters. The maximum Gasteiger partial charge on any atom is 0.466 e. The molecule has 0 radical (unpaired) electrons. The van der Waals surface area contributed by atoms with Gasteiger partial charge in [-0.15, -0.1) is 0 Å². The summed E-state index contributed by atoms with van der Waals surface area (Å²) in [4.78, 5) is 21.6. The van der Waals surface area contributed by atoms with E-state index in [0.717, 1.165) is 0 Å². The van der Waals surface area contributed by atoms with E-state index >= 15 is 0 Å². The van der Waals surface area contributed by atoms with Crippen LogP contribution in [-0.2, 0) is 25.6 Å². The van der Waals surface area contributed by atoms with Crippen molar-refractivity contribution in [1.82, 2.24) is 0 Å².